The summed E-state index contributed by atoms with van der Waals surface area (Å²) in [5.41, 5.74) is 0.334. The highest BCUT2D eigenvalue weighted by molar-refractivity contribution is 6.44. The first-order chi connectivity index (χ1) is 11.4. The monoisotopic (exact) mass is 389 g/mol. The molecule has 1 aromatic rings. The van der Waals surface area contributed by atoms with Crippen LogP contribution < -0.4 is 5.32 Å². The van der Waals surface area contributed by atoms with Gasteiger partial charge in [0, 0.05) is 6.42 Å². The SMILES string of the molecule is O=C(COC(=O)C[C@@H]1C[C@@H]2CC[C@@H]1C2)Nc1cc(Cl)c(Cl)cc1Cl. The van der Waals surface area contributed by atoms with E-state index < -0.39 is 5.91 Å². The van der Waals surface area contributed by atoms with Crippen LogP contribution in [-0.4, -0.2) is 18.5 Å². The summed E-state index contributed by atoms with van der Waals surface area (Å²) in [6, 6.07) is 2.91. The van der Waals surface area contributed by atoms with Crippen LogP contribution >= 0.6 is 34.8 Å². The molecule has 0 aromatic heterocycles. The minimum atomic E-state index is -0.461. The van der Waals surface area contributed by atoms with Gasteiger partial charge in [-0.25, -0.2) is 0 Å². The third-order valence-corrected chi connectivity index (χ3v) is 6.00. The molecule has 3 atom stereocenters. The van der Waals surface area contributed by atoms with Crippen molar-refractivity contribution in [1.82, 2.24) is 0 Å². The summed E-state index contributed by atoms with van der Waals surface area (Å²) < 4.78 is 5.09. The van der Waals surface area contributed by atoms with E-state index in [9.17, 15) is 9.59 Å². The molecule has 3 rings (SSSR count). The molecule has 2 fully saturated rings. The van der Waals surface area contributed by atoms with Gasteiger partial charge in [0.15, 0.2) is 6.61 Å². The van der Waals surface area contributed by atoms with Crippen LogP contribution in [0.1, 0.15) is 32.1 Å². The second-order valence-electron chi connectivity index (χ2n) is 6.59. The van der Waals surface area contributed by atoms with Crippen molar-refractivity contribution in [2.24, 2.45) is 17.8 Å². The fraction of sp³-hybridized carbons (Fsp3) is 0.529. The number of hydrogen-bond donors (Lipinski definition) is 1. The van der Waals surface area contributed by atoms with Crippen molar-refractivity contribution in [1.29, 1.82) is 0 Å². The third-order valence-electron chi connectivity index (χ3n) is 4.96. The lowest BCUT2D eigenvalue weighted by atomic mass is 9.86. The molecule has 1 amide bonds. The second kappa shape index (κ2) is 7.51. The zero-order chi connectivity index (χ0) is 17.3. The van der Waals surface area contributed by atoms with E-state index in [1.165, 1.54) is 31.4 Å². The summed E-state index contributed by atoms with van der Waals surface area (Å²) >= 11 is 17.7. The molecule has 4 nitrogen and oxygen atoms in total. The fourth-order valence-corrected chi connectivity index (χ4v) is 4.44. The lowest BCUT2D eigenvalue weighted by molar-refractivity contribution is -0.148. The van der Waals surface area contributed by atoms with Crippen LogP contribution in [0.2, 0.25) is 15.1 Å². The maximum atomic E-state index is 11.9. The van der Waals surface area contributed by atoms with Gasteiger partial charge in [0.2, 0.25) is 0 Å². The third kappa shape index (κ3) is 4.16. The Morgan fingerprint density at radius 2 is 1.83 bits per heavy atom. The van der Waals surface area contributed by atoms with Gasteiger partial charge in [-0.2, -0.15) is 0 Å². The van der Waals surface area contributed by atoms with Crippen LogP contribution in [0.15, 0.2) is 12.1 Å². The molecular weight excluding hydrogens is 373 g/mol. The maximum absolute atomic E-state index is 11.9. The quantitative estimate of drug-likeness (QED) is 0.571. The highest BCUT2D eigenvalue weighted by atomic mass is 35.5. The van der Waals surface area contributed by atoms with E-state index in [-0.39, 0.29) is 22.6 Å². The van der Waals surface area contributed by atoms with Crippen molar-refractivity contribution in [2.45, 2.75) is 32.1 Å². The number of fused-ring (bicyclic) bond motifs is 2. The van der Waals surface area contributed by atoms with Crippen LogP contribution in [0.4, 0.5) is 5.69 Å². The molecule has 2 aliphatic carbocycles. The van der Waals surface area contributed by atoms with Crippen LogP contribution in [0, 0.1) is 17.8 Å². The molecule has 0 heterocycles. The van der Waals surface area contributed by atoms with E-state index >= 15 is 0 Å². The van der Waals surface area contributed by atoms with E-state index in [1.54, 1.807) is 0 Å². The predicted octanol–water partition coefficient (Wildman–Crippen LogP) is 4.95. The van der Waals surface area contributed by atoms with E-state index in [0.29, 0.717) is 29.0 Å². The Balaban J connectivity index is 1.45. The Kier molecular flexibility index (Phi) is 5.58. The Labute approximate surface area is 155 Å². The number of halogens is 3. The summed E-state index contributed by atoms with van der Waals surface area (Å²) in [5.74, 6) is 1.09. The number of nitrogens with one attached hydrogen (secondary N) is 1. The van der Waals surface area contributed by atoms with Gasteiger partial charge in [-0.3, -0.25) is 9.59 Å². The lowest BCUT2D eigenvalue weighted by Gasteiger charge is -2.20. The average molecular weight is 391 g/mol. The van der Waals surface area contributed by atoms with Crippen LogP contribution in [0.3, 0.4) is 0 Å². The Morgan fingerprint density at radius 1 is 1.08 bits per heavy atom. The fourth-order valence-electron chi connectivity index (χ4n) is 3.85. The van der Waals surface area contributed by atoms with Gasteiger partial charge in [0.05, 0.1) is 20.8 Å². The van der Waals surface area contributed by atoms with Crippen molar-refractivity contribution >= 4 is 52.4 Å². The van der Waals surface area contributed by atoms with Crippen molar-refractivity contribution in [3.05, 3.63) is 27.2 Å². The summed E-state index contributed by atoms with van der Waals surface area (Å²) in [7, 11) is 0. The number of carbonyl (C=O) groups excluding carboxylic acids is 2. The smallest absolute Gasteiger partial charge is 0.306 e. The first-order valence-corrected chi connectivity index (χ1v) is 9.15. The number of ether oxygens (including phenoxy) is 1. The average Bonchev–Trinajstić information content (AvgIpc) is 3.13. The van der Waals surface area contributed by atoms with Gasteiger partial charge in [-0.1, -0.05) is 41.2 Å². The zero-order valence-electron chi connectivity index (χ0n) is 13.0. The van der Waals surface area contributed by atoms with E-state index in [2.05, 4.69) is 5.32 Å². The van der Waals surface area contributed by atoms with Crippen molar-refractivity contribution < 1.29 is 14.3 Å². The molecule has 0 saturated heterocycles. The van der Waals surface area contributed by atoms with Crippen LogP contribution in [0.25, 0.3) is 0 Å². The molecule has 0 aliphatic heterocycles. The first-order valence-electron chi connectivity index (χ1n) is 8.02. The second-order valence-corrected chi connectivity index (χ2v) is 7.82. The number of carbonyl (C=O) groups is 2. The molecule has 2 aliphatic rings. The normalized spacial score (nSPS) is 24.9. The molecule has 24 heavy (non-hydrogen) atoms. The van der Waals surface area contributed by atoms with Gasteiger partial charge in [0.1, 0.15) is 0 Å². The first kappa shape index (κ1) is 17.8. The van der Waals surface area contributed by atoms with Crippen molar-refractivity contribution in [2.75, 3.05) is 11.9 Å². The minimum Gasteiger partial charge on any atom is -0.456 e. The van der Waals surface area contributed by atoms with Gasteiger partial charge < -0.3 is 10.1 Å². The van der Waals surface area contributed by atoms with Gasteiger partial charge in [-0.05, 0) is 49.1 Å². The molecule has 0 unspecified atom stereocenters. The number of hydrogen-bond acceptors (Lipinski definition) is 3. The molecule has 2 bridgehead atoms. The standard InChI is InChI=1S/C17H18Cl3NO3/c18-12-6-14(20)15(7-13(12)19)21-16(22)8-24-17(23)5-11-4-9-1-2-10(11)3-9/h6-7,9-11H,1-5,8H2,(H,21,22)/t9-,10-,11+/m1/s1. The minimum absolute atomic E-state index is 0.269. The molecule has 7 heteroatoms. The van der Waals surface area contributed by atoms with E-state index in [4.69, 9.17) is 39.5 Å². The lowest BCUT2D eigenvalue weighted by Crippen LogP contribution is -2.23. The van der Waals surface area contributed by atoms with Gasteiger partial charge >= 0.3 is 5.97 Å². The maximum Gasteiger partial charge on any atom is 0.306 e. The highest BCUT2D eigenvalue weighted by Crippen LogP contribution is 2.49. The van der Waals surface area contributed by atoms with Gasteiger partial charge in [0.25, 0.3) is 5.91 Å². The topological polar surface area (TPSA) is 55.4 Å². The van der Waals surface area contributed by atoms with E-state index in [1.807, 2.05) is 0 Å². The summed E-state index contributed by atoms with van der Waals surface area (Å²) in [4.78, 5) is 23.8. The summed E-state index contributed by atoms with van der Waals surface area (Å²) in [5, 5.41) is 3.42. The largest absolute Gasteiger partial charge is 0.456 e. The molecule has 130 valence electrons. The molecule has 1 aromatic carbocycles. The van der Waals surface area contributed by atoms with Crippen LogP contribution in [0.5, 0.6) is 0 Å². The molecule has 2 saturated carbocycles. The number of benzene rings is 1. The number of anilines is 1. The predicted molar refractivity (Wildman–Crippen MR) is 94.6 cm³/mol. The van der Waals surface area contributed by atoms with Gasteiger partial charge in [-0.15, -0.1) is 0 Å². The number of rotatable bonds is 5. The Morgan fingerprint density at radius 3 is 2.50 bits per heavy atom. The molecule has 1 N–H and O–H groups in total. The number of esters is 1. The zero-order valence-corrected chi connectivity index (χ0v) is 15.3. The summed E-state index contributed by atoms with van der Waals surface area (Å²) in [6.07, 6.45) is 5.28. The van der Waals surface area contributed by atoms with Crippen molar-refractivity contribution in [3.63, 3.8) is 0 Å². The van der Waals surface area contributed by atoms with Crippen LogP contribution in [-0.2, 0) is 14.3 Å². The molecule has 0 radical (unpaired) electrons. The molecular formula is C17H18Cl3NO3. The van der Waals surface area contributed by atoms with E-state index in [0.717, 1.165) is 12.3 Å². The number of amides is 1. The summed E-state index contributed by atoms with van der Waals surface area (Å²) in [6.45, 7) is -0.337. The highest BCUT2D eigenvalue weighted by Gasteiger charge is 2.40. The molecule has 0 spiro atoms. The Bertz CT molecular complexity index is 665. The van der Waals surface area contributed by atoms with Crippen molar-refractivity contribution in [3.8, 4) is 0 Å². The Hall–Kier alpha value is -0.970.